The van der Waals surface area contributed by atoms with Gasteiger partial charge in [0.1, 0.15) is 17.8 Å². The highest BCUT2D eigenvalue weighted by molar-refractivity contribution is 5.97. The quantitative estimate of drug-likeness (QED) is 0.373. The Bertz CT molecular complexity index is 1660. The van der Waals surface area contributed by atoms with Crippen LogP contribution < -0.4 is 10.2 Å². The van der Waals surface area contributed by atoms with Crippen molar-refractivity contribution in [3.05, 3.63) is 59.7 Å². The number of hydrogen-bond acceptors (Lipinski definition) is 8. The Morgan fingerprint density at radius 3 is 2.65 bits per heavy atom. The molecule has 4 aromatic heterocycles. The van der Waals surface area contributed by atoms with Crippen LogP contribution in [-0.4, -0.2) is 67.2 Å². The van der Waals surface area contributed by atoms with Crippen LogP contribution in [0.2, 0.25) is 0 Å². The summed E-state index contributed by atoms with van der Waals surface area (Å²) in [6.07, 6.45) is 1.56. The highest BCUT2D eigenvalue weighted by Gasteiger charge is 2.35. The highest BCUT2D eigenvalue weighted by atomic mass is 19.1. The third-order valence-electron chi connectivity index (χ3n) is 6.55. The Hall–Kier alpha value is -4.79. The zero-order chi connectivity index (χ0) is 28.8. The number of carbonyl (C=O) groups is 2. The first-order valence-corrected chi connectivity index (χ1v) is 12.8. The molecule has 2 atom stereocenters. The number of rotatable bonds is 5. The normalized spacial score (nSPS) is 17.2. The largest absolute Gasteiger partial charge is 0.444 e. The van der Waals surface area contributed by atoms with Crippen molar-refractivity contribution < 1.29 is 18.7 Å². The standard InChI is InChI=1S/C28H29FN8O3/c1-16-10-18(11-30)34-37(16)26-20(17(2)38)7-8-23(32-26)21-12-31-36-13-19(6-9-25(21)36)35-14-22(29)24(15-35)33-27(39)40-28(3,4)5/h6-10,12-13,22,24H,14-15H2,1-5H3,(H,33,39)/t22-,24-/m0/s1. The molecule has 5 rings (SSSR count). The zero-order valence-corrected chi connectivity index (χ0v) is 22.8. The van der Waals surface area contributed by atoms with Gasteiger partial charge in [0.15, 0.2) is 17.3 Å². The number of ketones is 1. The van der Waals surface area contributed by atoms with Crippen LogP contribution in [0.4, 0.5) is 14.9 Å². The number of amides is 1. The number of nitrogens with zero attached hydrogens (tertiary/aromatic N) is 7. The first-order valence-electron chi connectivity index (χ1n) is 12.8. The molecule has 0 aromatic carbocycles. The number of aryl methyl sites for hydroxylation is 1. The number of Topliss-reactive ketones (excluding diaryl/α,β-unsaturated/α-hetero) is 1. The molecular weight excluding hydrogens is 515 g/mol. The van der Waals surface area contributed by atoms with E-state index in [2.05, 4.69) is 15.5 Å². The Balaban J connectivity index is 1.42. The molecule has 1 N–H and O–H groups in total. The second-order valence-electron chi connectivity index (χ2n) is 10.8. The lowest BCUT2D eigenvalue weighted by Gasteiger charge is -2.22. The molecule has 1 fully saturated rings. The second kappa shape index (κ2) is 10.1. The average Bonchev–Trinajstić information content (AvgIpc) is 3.58. The fourth-order valence-electron chi connectivity index (χ4n) is 4.71. The lowest BCUT2D eigenvalue weighted by Crippen LogP contribution is -2.44. The van der Waals surface area contributed by atoms with Crippen LogP contribution in [0.1, 0.15) is 49.4 Å². The summed E-state index contributed by atoms with van der Waals surface area (Å²) in [5.41, 5.74) is 3.40. The fourth-order valence-corrected chi connectivity index (χ4v) is 4.71. The molecule has 0 aliphatic carbocycles. The molecule has 1 aliphatic heterocycles. The number of nitrogens with one attached hydrogen (secondary N) is 1. The van der Waals surface area contributed by atoms with Crippen LogP contribution in [-0.2, 0) is 4.74 Å². The number of anilines is 1. The number of aromatic nitrogens is 5. The molecule has 1 amide bonds. The summed E-state index contributed by atoms with van der Waals surface area (Å²) >= 11 is 0. The lowest BCUT2D eigenvalue weighted by atomic mass is 10.1. The van der Waals surface area contributed by atoms with E-state index in [0.717, 1.165) is 16.8 Å². The fraction of sp³-hybridized carbons (Fsp3) is 0.357. The molecule has 0 radical (unpaired) electrons. The summed E-state index contributed by atoms with van der Waals surface area (Å²) < 4.78 is 23.2. The van der Waals surface area contributed by atoms with Gasteiger partial charge >= 0.3 is 6.09 Å². The van der Waals surface area contributed by atoms with Gasteiger partial charge in [0, 0.05) is 17.8 Å². The summed E-state index contributed by atoms with van der Waals surface area (Å²) in [6.45, 7) is 8.91. The SMILES string of the molecule is CC(=O)c1ccc(-c2cnn3cc(N4C[C@H](NC(=O)OC(C)(C)C)[C@@H](F)C4)ccc23)nc1-n1nc(C#N)cc1C. The maximum atomic E-state index is 14.8. The van der Waals surface area contributed by atoms with E-state index in [1.165, 1.54) is 11.6 Å². The van der Waals surface area contributed by atoms with Gasteiger partial charge in [-0.2, -0.15) is 15.5 Å². The first kappa shape index (κ1) is 26.8. The molecule has 206 valence electrons. The number of pyridine rings is 2. The van der Waals surface area contributed by atoms with Crippen LogP contribution in [0.5, 0.6) is 0 Å². The van der Waals surface area contributed by atoms with E-state index in [1.54, 1.807) is 62.8 Å². The summed E-state index contributed by atoms with van der Waals surface area (Å²) in [5.74, 6) is 0.151. The summed E-state index contributed by atoms with van der Waals surface area (Å²) in [7, 11) is 0. The number of alkyl halides is 1. The van der Waals surface area contributed by atoms with E-state index in [-0.39, 0.29) is 24.6 Å². The molecule has 0 unspecified atom stereocenters. The Kier molecular flexibility index (Phi) is 6.75. The second-order valence-corrected chi connectivity index (χ2v) is 10.8. The van der Waals surface area contributed by atoms with E-state index < -0.39 is 23.9 Å². The number of alkyl carbamates (subject to hydrolysis) is 1. The summed E-state index contributed by atoms with van der Waals surface area (Å²) in [5, 5.41) is 20.7. The van der Waals surface area contributed by atoms with Gasteiger partial charge in [-0.05, 0) is 65.0 Å². The molecule has 40 heavy (non-hydrogen) atoms. The maximum Gasteiger partial charge on any atom is 0.408 e. The van der Waals surface area contributed by atoms with E-state index in [4.69, 9.17) is 9.72 Å². The zero-order valence-electron chi connectivity index (χ0n) is 22.8. The van der Waals surface area contributed by atoms with E-state index in [0.29, 0.717) is 22.8 Å². The van der Waals surface area contributed by atoms with Gasteiger partial charge in [0.25, 0.3) is 0 Å². The van der Waals surface area contributed by atoms with Gasteiger partial charge < -0.3 is 15.0 Å². The summed E-state index contributed by atoms with van der Waals surface area (Å²) in [6, 6.07) is 10.1. The topological polar surface area (TPSA) is 130 Å². The van der Waals surface area contributed by atoms with Crippen LogP contribution in [0, 0.1) is 18.3 Å². The van der Waals surface area contributed by atoms with Crippen molar-refractivity contribution >= 4 is 23.1 Å². The third kappa shape index (κ3) is 5.22. The van der Waals surface area contributed by atoms with Gasteiger partial charge in [-0.3, -0.25) is 4.79 Å². The van der Waals surface area contributed by atoms with E-state index in [1.807, 2.05) is 23.1 Å². The Morgan fingerprint density at radius 2 is 1.98 bits per heavy atom. The number of halogens is 1. The van der Waals surface area contributed by atoms with E-state index >= 15 is 0 Å². The Labute approximate surface area is 230 Å². The molecule has 0 saturated carbocycles. The van der Waals surface area contributed by atoms with Gasteiger partial charge in [-0.15, -0.1) is 0 Å². The van der Waals surface area contributed by atoms with Crippen molar-refractivity contribution in [3.8, 4) is 23.1 Å². The molecule has 0 spiro atoms. The van der Waals surface area contributed by atoms with Crippen molar-refractivity contribution in [2.45, 2.75) is 52.4 Å². The minimum Gasteiger partial charge on any atom is -0.444 e. The van der Waals surface area contributed by atoms with Crippen molar-refractivity contribution in [2.75, 3.05) is 18.0 Å². The third-order valence-corrected chi connectivity index (χ3v) is 6.55. The number of carbonyl (C=O) groups excluding carboxylic acids is 2. The predicted octanol–water partition coefficient (Wildman–Crippen LogP) is 4.02. The summed E-state index contributed by atoms with van der Waals surface area (Å²) in [4.78, 5) is 31.1. The van der Waals surface area contributed by atoms with Crippen molar-refractivity contribution in [1.29, 1.82) is 5.26 Å². The monoisotopic (exact) mass is 544 g/mol. The Morgan fingerprint density at radius 1 is 1.20 bits per heavy atom. The van der Waals surface area contributed by atoms with Crippen molar-refractivity contribution in [2.24, 2.45) is 0 Å². The van der Waals surface area contributed by atoms with Crippen LogP contribution in [0.3, 0.4) is 0 Å². The minimum atomic E-state index is -1.26. The van der Waals surface area contributed by atoms with Gasteiger partial charge in [0.05, 0.1) is 47.4 Å². The van der Waals surface area contributed by atoms with E-state index in [9.17, 15) is 19.2 Å². The molecule has 1 aliphatic rings. The minimum absolute atomic E-state index is 0.116. The molecule has 11 nitrogen and oxygen atoms in total. The highest BCUT2D eigenvalue weighted by Crippen LogP contribution is 2.29. The van der Waals surface area contributed by atoms with Crippen LogP contribution in [0.15, 0.2) is 42.7 Å². The van der Waals surface area contributed by atoms with Crippen LogP contribution in [0.25, 0.3) is 22.6 Å². The number of ether oxygens (including phenoxy) is 1. The lowest BCUT2D eigenvalue weighted by molar-refractivity contribution is 0.0490. The smallest absolute Gasteiger partial charge is 0.408 e. The van der Waals surface area contributed by atoms with Gasteiger partial charge in [0.2, 0.25) is 0 Å². The van der Waals surface area contributed by atoms with Crippen molar-refractivity contribution in [1.82, 2.24) is 29.7 Å². The predicted molar refractivity (Wildman–Crippen MR) is 145 cm³/mol. The molecule has 12 heteroatoms. The number of fused-ring (bicyclic) bond motifs is 1. The van der Waals surface area contributed by atoms with Gasteiger partial charge in [-0.25, -0.2) is 23.4 Å². The maximum absolute atomic E-state index is 14.8. The van der Waals surface area contributed by atoms with Crippen LogP contribution >= 0.6 is 0 Å². The first-order chi connectivity index (χ1) is 18.9. The number of hydrogen-bond donors (Lipinski definition) is 1. The average molecular weight is 545 g/mol. The molecule has 1 saturated heterocycles. The van der Waals surface area contributed by atoms with Crippen molar-refractivity contribution in [3.63, 3.8) is 0 Å². The number of nitriles is 1. The molecule has 0 bridgehead atoms. The molecular formula is C28H29FN8O3. The molecule has 5 heterocycles. The van der Waals surface area contributed by atoms with Gasteiger partial charge in [-0.1, -0.05) is 0 Å². The molecule has 4 aromatic rings.